The van der Waals surface area contributed by atoms with Crippen LogP contribution in [0, 0.1) is 22.9 Å². The highest BCUT2D eigenvalue weighted by Crippen LogP contribution is 2.25. The Morgan fingerprint density at radius 1 is 1.27 bits per heavy atom. The summed E-state index contributed by atoms with van der Waals surface area (Å²) in [5, 5.41) is 13.7. The molecule has 0 spiro atoms. The number of nitrogens with zero attached hydrogens (tertiary/aromatic N) is 1. The molecule has 0 aliphatic heterocycles. The van der Waals surface area contributed by atoms with Gasteiger partial charge < -0.3 is 11.1 Å². The third-order valence-electron chi connectivity index (χ3n) is 3.19. The van der Waals surface area contributed by atoms with E-state index in [0.29, 0.717) is 16.8 Å². The number of nitrogens with two attached hydrogens (primary N) is 1. The Kier molecular flexibility index (Phi) is 4.36. The van der Waals surface area contributed by atoms with Crippen LogP contribution in [0.5, 0.6) is 0 Å². The molecule has 22 heavy (non-hydrogen) atoms. The van der Waals surface area contributed by atoms with Gasteiger partial charge in [-0.25, -0.2) is 4.39 Å². The lowest BCUT2D eigenvalue weighted by Gasteiger charge is -2.17. The predicted molar refractivity (Wildman–Crippen MR) is 79.8 cm³/mol. The molecule has 1 amide bonds. The van der Waals surface area contributed by atoms with Gasteiger partial charge in [-0.05, 0) is 36.8 Å². The number of primary amides is 1. The number of anilines is 1. The number of hydrogen-bond donors (Lipinski definition) is 2. The molecule has 0 radical (unpaired) electrons. The third kappa shape index (κ3) is 3.38. The molecule has 2 aromatic carbocycles. The Balaban J connectivity index is 2.29. The van der Waals surface area contributed by atoms with E-state index in [-0.39, 0.29) is 5.69 Å². The molecule has 0 saturated heterocycles. The van der Waals surface area contributed by atoms with Gasteiger partial charge in [-0.2, -0.15) is 0 Å². The molecule has 114 valence electrons. The van der Waals surface area contributed by atoms with Crippen LogP contribution in [0.2, 0.25) is 0 Å². The molecular weight excluding hydrogens is 289 g/mol. The fourth-order valence-electron chi connectivity index (χ4n) is 2.09. The number of nitrogens with one attached hydrogen (secondary N) is 1. The zero-order valence-electron chi connectivity index (χ0n) is 11.7. The summed E-state index contributed by atoms with van der Waals surface area (Å²) in [5.41, 5.74) is 6.83. The summed E-state index contributed by atoms with van der Waals surface area (Å²) >= 11 is 0. The van der Waals surface area contributed by atoms with Crippen molar-refractivity contribution in [2.24, 2.45) is 5.73 Å². The molecule has 1 atom stereocenters. The number of rotatable bonds is 5. The van der Waals surface area contributed by atoms with E-state index >= 15 is 0 Å². The molecule has 0 saturated carbocycles. The van der Waals surface area contributed by atoms with Crippen LogP contribution < -0.4 is 11.1 Å². The predicted octanol–water partition coefficient (Wildman–Crippen LogP) is 2.68. The van der Waals surface area contributed by atoms with Crippen molar-refractivity contribution in [3.63, 3.8) is 0 Å². The Morgan fingerprint density at radius 3 is 2.41 bits per heavy atom. The van der Waals surface area contributed by atoms with Crippen LogP contribution in [0.3, 0.4) is 0 Å². The largest absolute Gasteiger partial charge is 0.370 e. The summed E-state index contributed by atoms with van der Waals surface area (Å²) in [6.07, 6.45) is 0. The number of benzene rings is 2. The van der Waals surface area contributed by atoms with E-state index in [9.17, 15) is 19.3 Å². The van der Waals surface area contributed by atoms with Gasteiger partial charge in [-0.3, -0.25) is 14.9 Å². The molecule has 0 aliphatic carbocycles. The minimum Gasteiger partial charge on any atom is -0.370 e. The molecule has 3 N–H and O–H groups in total. The smallest absolute Gasteiger partial charge is 0.272 e. The van der Waals surface area contributed by atoms with Gasteiger partial charge in [0, 0.05) is 17.3 Å². The van der Waals surface area contributed by atoms with E-state index in [2.05, 4.69) is 5.32 Å². The number of amides is 1. The zero-order chi connectivity index (χ0) is 16.3. The van der Waals surface area contributed by atoms with Crippen molar-refractivity contribution in [2.75, 3.05) is 5.32 Å². The minimum atomic E-state index is -0.860. The zero-order valence-corrected chi connectivity index (χ0v) is 11.7. The number of halogens is 1. The maximum atomic E-state index is 13.0. The molecule has 0 aliphatic rings. The summed E-state index contributed by atoms with van der Waals surface area (Å²) < 4.78 is 13.0. The van der Waals surface area contributed by atoms with E-state index < -0.39 is 22.7 Å². The van der Waals surface area contributed by atoms with Crippen molar-refractivity contribution in [1.82, 2.24) is 0 Å². The van der Waals surface area contributed by atoms with Gasteiger partial charge >= 0.3 is 0 Å². The maximum Gasteiger partial charge on any atom is 0.272 e. The Morgan fingerprint density at radius 2 is 1.91 bits per heavy atom. The van der Waals surface area contributed by atoms with E-state index in [1.807, 2.05) is 0 Å². The van der Waals surface area contributed by atoms with Crippen molar-refractivity contribution < 1.29 is 14.1 Å². The number of nitro groups is 1. The van der Waals surface area contributed by atoms with Gasteiger partial charge in [0.25, 0.3) is 5.69 Å². The average Bonchev–Trinajstić information content (AvgIpc) is 2.45. The quantitative estimate of drug-likeness (QED) is 0.655. The lowest BCUT2D eigenvalue weighted by Crippen LogP contribution is -2.27. The van der Waals surface area contributed by atoms with Gasteiger partial charge in [0.05, 0.1) is 4.92 Å². The van der Waals surface area contributed by atoms with Gasteiger partial charge in [-0.15, -0.1) is 0 Å². The Bertz CT molecular complexity index is 716. The third-order valence-corrected chi connectivity index (χ3v) is 3.19. The first kappa shape index (κ1) is 15.4. The second-order valence-electron chi connectivity index (χ2n) is 4.79. The van der Waals surface area contributed by atoms with Gasteiger partial charge in [-0.1, -0.05) is 12.1 Å². The summed E-state index contributed by atoms with van der Waals surface area (Å²) in [7, 11) is 0. The van der Waals surface area contributed by atoms with E-state index in [1.54, 1.807) is 13.0 Å². The highest BCUT2D eigenvalue weighted by Gasteiger charge is 2.19. The lowest BCUT2D eigenvalue weighted by molar-refractivity contribution is -0.385. The standard InChI is InChI=1S/C15H14FN3O3/c1-9-8-12(6-7-13(9)19(21)22)18-14(15(17)20)10-2-4-11(16)5-3-10/h2-8,14,18H,1H3,(H2,17,20). The van der Waals surface area contributed by atoms with Crippen molar-refractivity contribution in [2.45, 2.75) is 13.0 Å². The Hall–Kier alpha value is -2.96. The van der Waals surface area contributed by atoms with E-state index in [1.165, 1.54) is 36.4 Å². The molecule has 7 heteroatoms. The molecule has 0 bridgehead atoms. The second kappa shape index (κ2) is 6.21. The van der Waals surface area contributed by atoms with Gasteiger partial charge in [0.2, 0.25) is 5.91 Å². The molecule has 0 aromatic heterocycles. The minimum absolute atomic E-state index is 0.0112. The fourth-order valence-corrected chi connectivity index (χ4v) is 2.09. The number of carbonyl (C=O) groups is 1. The van der Waals surface area contributed by atoms with Crippen LogP contribution in [0.1, 0.15) is 17.2 Å². The van der Waals surface area contributed by atoms with Crippen molar-refractivity contribution in [1.29, 1.82) is 0 Å². The molecular formula is C15H14FN3O3. The first-order chi connectivity index (χ1) is 10.4. The highest BCUT2D eigenvalue weighted by molar-refractivity contribution is 5.84. The van der Waals surface area contributed by atoms with Crippen molar-refractivity contribution >= 4 is 17.3 Å². The Labute approximate surface area is 125 Å². The summed E-state index contributed by atoms with van der Waals surface area (Å²) in [4.78, 5) is 21.9. The average molecular weight is 303 g/mol. The van der Waals surface area contributed by atoms with Crippen LogP contribution >= 0.6 is 0 Å². The van der Waals surface area contributed by atoms with Crippen molar-refractivity contribution in [3.05, 3.63) is 69.5 Å². The van der Waals surface area contributed by atoms with Crippen LogP contribution in [-0.4, -0.2) is 10.8 Å². The van der Waals surface area contributed by atoms with Crippen molar-refractivity contribution in [3.8, 4) is 0 Å². The number of nitro benzene ring substituents is 1. The summed E-state index contributed by atoms with van der Waals surface area (Å²) in [6, 6.07) is 8.90. The van der Waals surface area contributed by atoms with Crippen LogP contribution in [0.25, 0.3) is 0 Å². The first-order valence-corrected chi connectivity index (χ1v) is 6.45. The van der Waals surface area contributed by atoms with E-state index in [4.69, 9.17) is 5.73 Å². The molecule has 1 unspecified atom stereocenters. The number of aryl methyl sites for hydroxylation is 1. The van der Waals surface area contributed by atoms with Gasteiger partial charge in [0.1, 0.15) is 11.9 Å². The lowest BCUT2D eigenvalue weighted by atomic mass is 10.1. The molecule has 2 aromatic rings. The van der Waals surface area contributed by atoms with Crippen LogP contribution in [0.4, 0.5) is 15.8 Å². The molecule has 0 fully saturated rings. The monoisotopic (exact) mass is 303 g/mol. The molecule has 6 nitrogen and oxygen atoms in total. The normalized spacial score (nSPS) is 11.7. The highest BCUT2D eigenvalue weighted by atomic mass is 19.1. The van der Waals surface area contributed by atoms with Crippen LogP contribution in [0.15, 0.2) is 42.5 Å². The second-order valence-corrected chi connectivity index (χ2v) is 4.79. The van der Waals surface area contributed by atoms with Crippen LogP contribution in [-0.2, 0) is 4.79 Å². The van der Waals surface area contributed by atoms with E-state index in [0.717, 1.165) is 0 Å². The topological polar surface area (TPSA) is 98.3 Å². The molecule has 2 rings (SSSR count). The number of carbonyl (C=O) groups excluding carboxylic acids is 1. The fraction of sp³-hybridized carbons (Fsp3) is 0.133. The summed E-state index contributed by atoms with van der Waals surface area (Å²) in [6.45, 7) is 1.60. The first-order valence-electron chi connectivity index (χ1n) is 6.45. The van der Waals surface area contributed by atoms with Gasteiger partial charge in [0.15, 0.2) is 0 Å². The number of hydrogen-bond acceptors (Lipinski definition) is 4. The maximum absolute atomic E-state index is 13.0. The summed E-state index contributed by atoms with van der Waals surface area (Å²) in [5.74, 6) is -1.05. The molecule has 0 heterocycles. The SMILES string of the molecule is Cc1cc(NC(C(N)=O)c2ccc(F)cc2)ccc1[N+](=O)[O-].